The van der Waals surface area contributed by atoms with E-state index in [-0.39, 0.29) is 5.70 Å². The molecule has 1 aromatic carbocycles. The van der Waals surface area contributed by atoms with Crippen molar-refractivity contribution < 1.29 is 23.5 Å². The summed E-state index contributed by atoms with van der Waals surface area (Å²) >= 11 is 0. The third kappa shape index (κ3) is 3.95. The van der Waals surface area contributed by atoms with Gasteiger partial charge in [-0.15, -0.1) is 0 Å². The summed E-state index contributed by atoms with van der Waals surface area (Å²) in [6.45, 7) is 0. The average Bonchev–Trinajstić information content (AvgIpc) is 3.12. The van der Waals surface area contributed by atoms with E-state index >= 15 is 0 Å². The van der Waals surface area contributed by atoms with Crippen LogP contribution in [0.4, 0.5) is 0 Å². The second-order valence-corrected chi connectivity index (χ2v) is 4.68. The lowest BCUT2D eigenvalue weighted by Gasteiger charge is -2.11. The Labute approximate surface area is 139 Å². The maximum absolute atomic E-state index is 12.4. The molecule has 2 amide bonds. The monoisotopic (exact) mass is 330 g/mol. The van der Waals surface area contributed by atoms with Gasteiger partial charge in [-0.05, 0) is 30.3 Å². The van der Waals surface area contributed by atoms with Crippen molar-refractivity contribution >= 4 is 17.9 Å². The Morgan fingerprint density at radius 2 is 1.88 bits per heavy atom. The van der Waals surface area contributed by atoms with E-state index in [4.69, 9.17) is 13.9 Å². The molecule has 2 rings (SSSR count). The summed E-state index contributed by atoms with van der Waals surface area (Å²) in [6.07, 6.45) is 2.92. The van der Waals surface area contributed by atoms with Crippen LogP contribution in [0.25, 0.3) is 6.08 Å². The number of methoxy groups -OCH3 is 2. The number of likely N-dealkylation sites (N-methyl/N-ethyl adjacent to an activating group) is 1. The fourth-order valence-corrected chi connectivity index (χ4v) is 1.98. The van der Waals surface area contributed by atoms with Gasteiger partial charge < -0.3 is 24.5 Å². The second-order valence-electron chi connectivity index (χ2n) is 4.68. The summed E-state index contributed by atoms with van der Waals surface area (Å²) < 4.78 is 15.5. The third-order valence-electron chi connectivity index (χ3n) is 3.20. The number of hydrogen-bond acceptors (Lipinski definition) is 5. The van der Waals surface area contributed by atoms with Gasteiger partial charge in [0.25, 0.3) is 11.8 Å². The molecule has 0 saturated heterocycles. The minimum atomic E-state index is -0.461. The summed E-state index contributed by atoms with van der Waals surface area (Å²) in [5.74, 6) is 0.465. The van der Waals surface area contributed by atoms with E-state index in [1.165, 1.54) is 39.7 Å². The number of benzene rings is 1. The molecule has 0 spiro atoms. The summed E-state index contributed by atoms with van der Waals surface area (Å²) in [7, 11) is 4.46. The van der Waals surface area contributed by atoms with Gasteiger partial charge >= 0.3 is 0 Å². The van der Waals surface area contributed by atoms with E-state index in [0.29, 0.717) is 22.8 Å². The SMILES string of the molecule is CNC(=O)/C(=C/c1ccco1)NC(=O)c1ccc(OC)c(OC)c1. The molecular formula is C17H18N2O5. The summed E-state index contributed by atoms with van der Waals surface area (Å²) in [5.41, 5.74) is 0.383. The van der Waals surface area contributed by atoms with Crippen LogP contribution >= 0.6 is 0 Å². The number of carbonyl (C=O) groups excluding carboxylic acids is 2. The largest absolute Gasteiger partial charge is 0.493 e. The molecule has 0 radical (unpaired) electrons. The number of furan rings is 1. The highest BCUT2D eigenvalue weighted by Crippen LogP contribution is 2.27. The van der Waals surface area contributed by atoms with E-state index < -0.39 is 11.8 Å². The Kier molecular flexibility index (Phi) is 5.62. The number of hydrogen-bond donors (Lipinski definition) is 2. The zero-order valence-electron chi connectivity index (χ0n) is 13.6. The van der Waals surface area contributed by atoms with Gasteiger partial charge in [-0.2, -0.15) is 0 Å². The first-order valence-electron chi connectivity index (χ1n) is 7.09. The first-order valence-corrected chi connectivity index (χ1v) is 7.09. The Morgan fingerprint density at radius 1 is 1.12 bits per heavy atom. The van der Waals surface area contributed by atoms with Crippen molar-refractivity contribution in [2.45, 2.75) is 0 Å². The maximum Gasteiger partial charge on any atom is 0.267 e. The number of ether oxygens (including phenoxy) is 2. The van der Waals surface area contributed by atoms with E-state index in [0.717, 1.165) is 0 Å². The highest BCUT2D eigenvalue weighted by atomic mass is 16.5. The fourth-order valence-electron chi connectivity index (χ4n) is 1.98. The number of nitrogens with one attached hydrogen (secondary N) is 2. The lowest BCUT2D eigenvalue weighted by molar-refractivity contribution is -0.117. The fraction of sp³-hybridized carbons (Fsp3) is 0.176. The molecule has 126 valence electrons. The van der Waals surface area contributed by atoms with Crippen molar-refractivity contribution in [3.63, 3.8) is 0 Å². The lowest BCUT2D eigenvalue weighted by atomic mass is 10.1. The smallest absolute Gasteiger partial charge is 0.267 e. The number of rotatable bonds is 6. The normalized spacial score (nSPS) is 10.9. The van der Waals surface area contributed by atoms with E-state index in [9.17, 15) is 9.59 Å². The molecule has 0 saturated carbocycles. The molecule has 7 nitrogen and oxygen atoms in total. The summed E-state index contributed by atoms with van der Waals surface area (Å²) in [4.78, 5) is 24.4. The number of amides is 2. The zero-order valence-corrected chi connectivity index (χ0v) is 13.6. The highest BCUT2D eigenvalue weighted by molar-refractivity contribution is 6.05. The van der Waals surface area contributed by atoms with Crippen LogP contribution in [0.3, 0.4) is 0 Å². The predicted octanol–water partition coefficient (Wildman–Crippen LogP) is 1.81. The predicted molar refractivity (Wildman–Crippen MR) is 87.8 cm³/mol. The van der Waals surface area contributed by atoms with Crippen LogP contribution in [0.2, 0.25) is 0 Å². The van der Waals surface area contributed by atoms with Gasteiger partial charge in [0.05, 0.1) is 20.5 Å². The van der Waals surface area contributed by atoms with Gasteiger partial charge in [-0.25, -0.2) is 0 Å². The molecule has 0 aliphatic carbocycles. The minimum absolute atomic E-state index is 0.0623. The molecule has 0 atom stereocenters. The van der Waals surface area contributed by atoms with Crippen LogP contribution in [0.15, 0.2) is 46.7 Å². The summed E-state index contributed by atoms with van der Waals surface area (Å²) in [6, 6.07) is 8.08. The molecule has 1 aromatic heterocycles. The average molecular weight is 330 g/mol. The molecule has 0 aliphatic heterocycles. The molecule has 0 bridgehead atoms. The van der Waals surface area contributed by atoms with Gasteiger partial charge in [-0.3, -0.25) is 9.59 Å². The first kappa shape index (κ1) is 17.1. The first-order chi connectivity index (χ1) is 11.6. The van der Waals surface area contributed by atoms with Crippen molar-refractivity contribution in [2.75, 3.05) is 21.3 Å². The van der Waals surface area contributed by atoms with E-state index in [1.54, 1.807) is 24.3 Å². The van der Waals surface area contributed by atoms with Gasteiger partial charge in [0.1, 0.15) is 11.5 Å². The molecule has 2 aromatic rings. The molecule has 0 aliphatic rings. The molecule has 1 heterocycles. The zero-order chi connectivity index (χ0) is 17.5. The molecule has 24 heavy (non-hydrogen) atoms. The van der Waals surface area contributed by atoms with E-state index in [2.05, 4.69) is 10.6 Å². The molecular weight excluding hydrogens is 312 g/mol. The quantitative estimate of drug-likeness (QED) is 0.789. The number of carbonyl (C=O) groups is 2. The Hall–Kier alpha value is -3.22. The topological polar surface area (TPSA) is 89.8 Å². The van der Waals surface area contributed by atoms with E-state index in [1.807, 2.05) is 0 Å². The highest BCUT2D eigenvalue weighted by Gasteiger charge is 2.16. The van der Waals surface area contributed by atoms with Crippen LogP contribution in [0.1, 0.15) is 16.1 Å². The lowest BCUT2D eigenvalue weighted by Crippen LogP contribution is -2.33. The van der Waals surface area contributed by atoms with Crippen LogP contribution in [0.5, 0.6) is 11.5 Å². The maximum atomic E-state index is 12.4. The van der Waals surface area contributed by atoms with Crippen molar-refractivity contribution in [3.05, 3.63) is 53.6 Å². The van der Waals surface area contributed by atoms with Gasteiger partial charge in [0.2, 0.25) is 0 Å². The van der Waals surface area contributed by atoms with Crippen molar-refractivity contribution in [2.24, 2.45) is 0 Å². The van der Waals surface area contributed by atoms with Gasteiger partial charge in [0.15, 0.2) is 11.5 Å². The second kappa shape index (κ2) is 7.87. The van der Waals surface area contributed by atoms with Gasteiger partial charge in [-0.1, -0.05) is 0 Å². The van der Waals surface area contributed by atoms with Crippen LogP contribution in [-0.4, -0.2) is 33.1 Å². The van der Waals surface area contributed by atoms with Crippen molar-refractivity contribution in [1.82, 2.24) is 10.6 Å². The molecule has 0 fully saturated rings. The van der Waals surface area contributed by atoms with Gasteiger partial charge in [0, 0.05) is 18.7 Å². The molecule has 2 N–H and O–H groups in total. The third-order valence-corrected chi connectivity index (χ3v) is 3.20. The van der Waals surface area contributed by atoms with Crippen LogP contribution in [-0.2, 0) is 4.79 Å². The Morgan fingerprint density at radius 3 is 2.46 bits per heavy atom. The van der Waals surface area contributed by atoms with Crippen LogP contribution < -0.4 is 20.1 Å². The van der Waals surface area contributed by atoms with Crippen molar-refractivity contribution in [1.29, 1.82) is 0 Å². The molecule has 0 unspecified atom stereocenters. The molecule has 7 heteroatoms. The van der Waals surface area contributed by atoms with Crippen LogP contribution in [0, 0.1) is 0 Å². The Bertz CT molecular complexity index is 750. The summed E-state index contributed by atoms with van der Waals surface area (Å²) in [5, 5.41) is 5.03. The minimum Gasteiger partial charge on any atom is -0.493 e. The Balaban J connectivity index is 2.26. The standard InChI is InChI=1S/C17H18N2O5/c1-18-17(21)13(10-12-5-4-8-24-12)19-16(20)11-6-7-14(22-2)15(9-11)23-3/h4-10H,1-3H3,(H,18,21)(H,19,20)/b13-10-. The van der Waals surface area contributed by atoms with Crippen molar-refractivity contribution in [3.8, 4) is 11.5 Å².